The summed E-state index contributed by atoms with van der Waals surface area (Å²) in [5.74, 6) is 0.295. The Morgan fingerprint density at radius 2 is 1.83 bits per heavy atom. The number of aryl methyl sites for hydroxylation is 1. The minimum absolute atomic E-state index is 0.287. The number of benzene rings is 1. The molecule has 0 radical (unpaired) electrons. The second-order valence-corrected chi connectivity index (χ2v) is 6.28. The van der Waals surface area contributed by atoms with Gasteiger partial charge < -0.3 is 0 Å². The lowest BCUT2D eigenvalue weighted by molar-refractivity contribution is 0.628. The molecule has 0 spiro atoms. The molecule has 0 aliphatic carbocycles. The van der Waals surface area contributed by atoms with E-state index in [4.69, 9.17) is 0 Å². The lowest BCUT2D eigenvalue weighted by atomic mass is 10.2. The average molecular weight is 337 g/mol. The third-order valence-electron chi connectivity index (χ3n) is 3.52. The third-order valence-corrected chi connectivity index (χ3v) is 4.63. The molecule has 1 aromatic carbocycles. The lowest BCUT2D eigenvalue weighted by Gasteiger charge is -2.05. The van der Waals surface area contributed by atoms with Crippen molar-refractivity contribution in [3.05, 3.63) is 66.2 Å². The van der Waals surface area contributed by atoms with E-state index in [1.807, 2.05) is 31.3 Å². The van der Waals surface area contributed by atoms with Gasteiger partial charge in [-0.15, -0.1) is 10.2 Å². The minimum atomic E-state index is -0.287. The van der Waals surface area contributed by atoms with Crippen molar-refractivity contribution in [1.82, 2.24) is 24.8 Å². The first-order chi connectivity index (χ1) is 11.7. The van der Waals surface area contributed by atoms with Crippen LogP contribution in [0.1, 0.15) is 5.56 Å². The predicted molar refractivity (Wildman–Crippen MR) is 89.3 cm³/mol. The van der Waals surface area contributed by atoms with Crippen molar-refractivity contribution >= 4 is 17.4 Å². The van der Waals surface area contributed by atoms with Crippen molar-refractivity contribution in [2.75, 3.05) is 0 Å². The van der Waals surface area contributed by atoms with Crippen LogP contribution in [0.2, 0.25) is 0 Å². The summed E-state index contributed by atoms with van der Waals surface area (Å²) < 4.78 is 14.8. The smallest absolute Gasteiger partial charge is 0.185 e. The minimum Gasteiger partial charge on any atom is -0.264 e. The molecule has 0 aliphatic rings. The fraction of sp³-hybridized carbons (Fsp3) is 0.0588. The van der Waals surface area contributed by atoms with Gasteiger partial charge in [-0.3, -0.25) is 4.98 Å². The summed E-state index contributed by atoms with van der Waals surface area (Å²) in [4.78, 5) is 5.19. The molecular formula is C17H12FN5S. The highest BCUT2D eigenvalue weighted by molar-refractivity contribution is 7.99. The number of halogens is 1. The zero-order valence-electron chi connectivity index (χ0n) is 12.7. The Balaban J connectivity index is 1.76. The van der Waals surface area contributed by atoms with E-state index in [9.17, 15) is 4.39 Å². The highest BCUT2D eigenvalue weighted by atomic mass is 32.2. The van der Waals surface area contributed by atoms with Gasteiger partial charge in [0.15, 0.2) is 11.5 Å². The molecule has 7 heteroatoms. The first-order valence-electron chi connectivity index (χ1n) is 7.27. The van der Waals surface area contributed by atoms with E-state index < -0.39 is 0 Å². The fourth-order valence-corrected chi connectivity index (χ4v) is 3.12. The van der Waals surface area contributed by atoms with Gasteiger partial charge in [-0.1, -0.05) is 11.8 Å². The molecule has 0 fully saturated rings. The summed E-state index contributed by atoms with van der Waals surface area (Å²) in [6.45, 7) is 2.01. The van der Waals surface area contributed by atoms with E-state index >= 15 is 0 Å². The van der Waals surface area contributed by atoms with Crippen molar-refractivity contribution in [1.29, 1.82) is 0 Å². The molecular weight excluding hydrogens is 325 g/mol. The van der Waals surface area contributed by atoms with E-state index in [1.54, 1.807) is 34.6 Å². The van der Waals surface area contributed by atoms with Crippen LogP contribution in [-0.2, 0) is 0 Å². The number of nitrogens with zero attached hydrogens (tertiary/aromatic N) is 5. The maximum absolute atomic E-state index is 13.1. The summed E-state index contributed by atoms with van der Waals surface area (Å²) in [6.07, 6.45) is 3.58. The predicted octanol–water partition coefficient (Wildman–Crippen LogP) is 3.79. The van der Waals surface area contributed by atoms with Crippen LogP contribution < -0.4 is 0 Å². The van der Waals surface area contributed by atoms with Crippen molar-refractivity contribution < 1.29 is 4.39 Å². The van der Waals surface area contributed by atoms with Crippen LogP contribution >= 0.6 is 11.8 Å². The number of rotatable bonds is 3. The molecule has 0 aliphatic heterocycles. The maximum Gasteiger partial charge on any atom is 0.185 e. The Morgan fingerprint density at radius 1 is 1.00 bits per heavy atom. The van der Waals surface area contributed by atoms with Gasteiger partial charge >= 0.3 is 0 Å². The number of pyridine rings is 1. The fourth-order valence-electron chi connectivity index (χ4n) is 2.29. The van der Waals surface area contributed by atoms with Crippen LogP contribution in [0.15, 0.2) is 64.8 Å². The zero-order valence-corrected chi connectivity index (χ0v) is 13.5. The number of aromatic nitrogens is 5. The average Bonchev–Trinajstić information content (AvgIpc) is 3.01. The monoisotopic (exact) mass is 337 g/mol. The van der Waals surface area contributed by atoms with E-state index in [0.717, 1.165) is 21.0 Å². The molecule has 5 nitrogen and oxygen atoms in total. The van der Waals surface area contributed by atoms with Crippen molar-refractivity contribution in [3.8, 4) is 11.4 Å². The summed E-state index contributed by atoms with van der Waals surface area (Å²) >= 11 is 1.55. The Hall–Kier alpha value is -2.80. The molecule has 0 bridgehead atoms. The van der Waals surface area contributed by atoms with Gasteiger partial charge in [0.25, 0.3) is 0 Å². The number of fused-ring (bicyclic) bond motifs is 1. The van der Waals surface area contributed by atoms with Crippen LogP contribution in [0.3, 0.4) is 0 Å². The highest BCUT2D eigenvalue weighted by Crippen LogP contribution is 2.28. The van der Waals surface area contributed by atoms with Gasteiger partial charge in [0.1, 0.15) is 10.8 Å². The van der Waals surface area contributed by atoms with Gasteiger partial charge in [-0.2, -0.15) is 9.61 Å². The molecule has 3 aromatic heterocycles. The van der Waals surface area contributed by atoms with E-state index in [-0.39, 0.29) is 5.82 Å². The quantitative estimate of drug-likeness (QED) is 0.569. The summed E-state index contributed by atoms with van der Waals surface area (Å²) in [5, 5.41) is 13.7. The van der Waals surface area contributed by atoms with Crippen LogP contribution in [0.25, 0.3) is 17.0 Å². The lowest BCUT2D eigenvalue weighted by Crippen LogP contribution is -1.96. The number of hydrogen-bond acceptors (Lipinski definition) is 5. The normalized spacial score (nSPS) is 11.1. The topological polar surface area (TPSA) is 56.0 Å². The third kappa shape index (κ3) is 2.74. The molecule has 4 rings (SSSR count). The van der Waals surface area contributed by atoms with E-state index in [2.05, 4.69) is 20.3 Å². The molecule has 0 atom stereocenters. The second-order valence-electron chi connectivity index (χ2n) is 5.22. The molecule has 118 valence electrons. The van der Waals surface area contributed by atoms with E-state index in [1.165, 1.54) is 12.1 Å². The standard InChI is InChI=1S/C17H12FN5S/c1-11-10-19-9-8-14(11)24-16-7-6-15-20-21-17(23(15)22-16)12-2-4-13(18)5-3-12/h2-10H,1H3. The molecule has 4 aromatic rings. The summed E-state index contributed by atoms with van der Waals surface area (Å²) in [7, 11) is 0. The molecule has 0 saturated carbocycles. The van der Waals surface area contributed by atoms with Crippen molar-refractivity contribution in [2.45, 2.75) is 16.8 Å². The van der Waals surface area contributed by atoms with Crippen LogP contribution in [0.4, 0.5) is 4.39 Å². The van der Waals surface area contributed by atoms with Gasteiger partial charge in [-0.25, -0.2) is 4.39 Å². The Kier molecular flexibility index (Phi) is 3.70. The molecule has 0 saturated heterocycles. The van der Waals surface area contributed by atoms with Crippen molar-refractivity contribution in [3.63, 3.8) is 0 Å². The molecule has 0 unspecified atom stereocenters. The Morgan fingerprint density at radius 3 is 2.62 bits per heavy atom. The largest absolute Gasteiger partial charge is 0.264 e. The Bertz CT molecular complexity index is 1010. The van der Waals surface area contributed by atoms with Crippen LogP contribution in [0.5, 0.6) is 0 Å². The maximum atomic E-state index is 13.1. The first-order valence-corrected chi connectivity index (χ1v) is 8.09. The first kappa shape index (κ1) is 14.8. The van der Waals surface area contributed by atoms with Gasteiger partial charge in [0.2, 0.25) is 0 Å². The molecule has 3 heterocycles. The highest BCUT2D eigenvalue weighted by Gasteiger charge is 2.11. The van der Waals surface area contributed by atoms with Gasteiger partial charge in [0.05, 0.1) is 0 Å². The summed E-state index contributed by atoms with van der Waals surface area (Å²) in [5.41, 5.74) is 2.50. The number of hydrogen-bond donors (Lipinski definition) is 0. The summed E-state index contributed by atoms with van der Waals surface area (Å²) in [6, 6.07) is 11.9. The molecule has 24 heavy (non-hydrogen) atoms. The van der Waals surface area contributed by atoms with Crippen LogP contribution in [0, 0.1) is 12.7 Å². The molecule has 0 N–H and O–H groups in total. The van der Waals surface area contributed by atoms with Crippen molar-refractivity contribution in [2.24, 2.45) is 0 Å². The SMILES string of the molecule is Cc1cnccc1Sc1ccc2nnc(-c3ccc(F)cc3)n2n1. The Labute approximate surface area is 141 Å². The van der Waals surface area contributed by atoms with Gasteiger partial charge in [0, 0.05) is 22.9 Å². The van der Waals surface area contributed by atoms with Crippen LogP contribution in [-0.4, -0.2) is 24.8 Å². The van der Waals surface area contributed by atoms with Gasteiger partial charge in [-0.05, 0) is 55.0 Å². The second kappa shape index (κ2) is 6.01. The molecule has 0 amide bonds. The van der Waals surface area contributed by atoms with E-state index in [0.29, 0.717) is 11.5 Å². The zero-order chi connectivity index (χ0) is 16.5.